The van der Waals surface area contributed by atoms with E-state index in [0.717, 1.165) is 42.8 Å². The molecule has 6 rings (SSSR count). The topological polar surface area (TPSA) is 73.1 Å². The van der Waals surface area contributed by atoms with Crippen LogP contribution in [0.1, 0.15) is 29.0 Å². The van der Waals surface area contributed by atoms with Crippen LogP contribution < -0.4 is 4.74 Å². The third-order valence-electron chi connectivity index (χ3n) is 7.33. The number of nitrogens with zero attached hydrogens (tertiary/aromatic N) is 4. The Bertz CT molecular complexity index is 1740. The summed E-state index contributed by atoms with van der Waals surface area (Å²) in [7, 11) is 1.63. The Hall–Kier alpha value is -4.07. The summed E-state index contributed by atoms with van der Waals surface area (Å²) in [5.41, 5.74) is 2.07. The molecule has 194 valence electrons. The maximum Gasteiger partial charge on any atom is 0.217 e. The molecule has 2 aromatic heterocycles. The molecule has 4 aromatic carbocycles. The van der Waals surface area contributed by atoms with E-state index >= 15 is 0 Å². The molecule has 0 fully saturated rings. The highest BCUT2D eigenvalue weighted by molar-refractivity contribution is 9.10. The fourth-order valence-electron chi connectivity index (χ4n) is 5.54. The lowest BCUT2D eigenvalue weighted by Gasteiger charge is -2.39. The zero-order valence-corrected chi connectivity index (χ0v) is 23.0. The molecule has 0 radical (unpaired) electrons. The van der Waals surface area contributed by atoms with E-state index in [4.69, 9.17) is 9.72 Å². The molecule has 0 saturated heterocycles. The van der Waals surface area contributed by atoms with Crippen LogP contribution in [-0.2, 0) is 12.1 Å². The van der Waals surface area contributed by atoms with Gasteiger partial charge in [0.1, 0.15) is 18.3 Å². The SMILES string of the molecule is COc1nc2ccc(Br)cc2cc1C(c1ccccc1)C(O)(CCn1cncn1)c1cccc2ccccc12. The van der Waals surface area contributed by atoms with Crippen molar-refractivity contribution in [3.05, 3.63) is 131 Å². The number of ether oxygens (including phenoxy) is 1. The molecule has 7 heteroatoms. The quantitative estimate of drug-likeness (QED) is 0.213. The van der Waals surface area contributed by atoms with Gasteiger partial charge in [0.15, 0.2) is 0 Å². The van der Waals surface area contributed by atoms with Gasteiger partial charge in [0.2, 0.25) is 5.88 Å². The summed E-state index contributed by atoms with van der Waals surface area (Å²) >= 11 is 3.60. The third kappa shape index (κ3) is 4.80. The highest BCUT2D eigenvalue weighted by Gasteiger charge is 2.43. The van der Waals surface area contributed by atoms with E-state index in [2.05, 4.69) is 62.4 Å². The van der Waals surface area contributed by atoms with Gasteiger partial charge in [0, 0.05) is 34.3 Å². The Morgan fingerprint density at radius 1 is 0.923 bits per heavy atom. The van der Waals surface area contributed by atoms with E-state index in [0.29, 0.717) is 18.8 Å². The lowest BCUT2D eigenvalue weighted by Crippen LogP contribution is -2.36. The lowest BCUT2D eigenvalue weighted by atomic mass is 9.70. The Morgan fingerprint density at radius 2 is 1.72 bits per heavy atom. The van der Waals surface area contributed by atoms with Gasteiger partial charge in [-0.1, -0.05) is 88.7 Å². The highest BCUT2D eigenvalue weighted by atomic mass is 79.9. The largest absolute Gasteiger partial charge is 0.481 e. The van der Waals surface area contributed by atoms with Gasteiger partial charge in [-0.25, -0.2) is 9.97 Å². The number of pyridine rings is 1. The number of halogens is 1. The monoisotopic (exact) mass is 578 g/mol. The van der Waals surface area contributed by atoms with Gasteiger partial charge in [-0.15, -0.1) is 0 Å². The first-order valence-corrected chi connectivity index (χ1v) is 13.6. The van der Waals surface area contributed by atoms with E-state index < -0.39 is 11.5 Å². The van der Waals surface area contributed by atoms with Crippen molar-refractivity contribution in [1.29, 1.82) is 0 Å². The number of benzene rings is 4. The van der Waals surface area contributed by atoms with Gasteiger partial charge >= 0.3 is 0 Å². The Kier molecular flexibility index (Phi) is 6.85. The molecule has 0 bridgehead atoms. The van der Waals surface area contributed by atoms with E-state index in [1.807, 2.05) is 60.7 Å². The van der Waals surface area contributed by atoms with Crippen LogP contribution in [0.25, 0.3) is 21.7 Å². The Labute approximate surface area is 235 Å². The molecule has 6 nitrogen and oxygen atoms in total. The second-order valence-electron chi connectivity index (χ2n) is 9.63. The van der Waals surface area contributed by atoms with Gasteiger partial charge in [-0.3, -0.25) is 4.68 Å². The average molecular weight is 579 g/mol. The molecular weight excluding hydrogens is 552 g/mol. The molecule has 2 unspecified atom stereocenters. The van der Waals surface area contributed by atoms with Gasteiger partial charge in [0.05, 0.1) is 12.6 Å². The van der Waals surface area contributed by atoms with Crippen LogP contribution in [-0.4, -0.2) is 32.0 Å². The molecule has 0 saturated carbocycles. The molecule has 0 aliphatic heterocycles. The van der Waals surface area contributed by atoms with Crippen LogP contribution in [0.3, 0.4) is 0 Å². The third-order valence-corrected chi connectivity index (χ3v) is 7.82. The van der Waals surface area contributed by atoms with Crippen molar-refractivity contribution in [2.45, 2.75) is 24.5 Å². The summed E-state index contributed by atoms with van der Waals surface area (Å²) < 4.78 is 8.61. The summed E-state index contributed by atoms with van der Waals surface area (Å²) in [5, 5.41) is 20.5. The number of aryl methyl sites for hydroxylation is 1. The summed E-state index contributed by atoms with van der Waals surface area (Å²) in [5.74, 6) is -0.0167. The van der Waals surface area contributed by atoms with Crippen LogP contribution in [0, 0.1) is 0 Å². The molecule has 0 amide bonds. The Morgan fingerprint density at radius 3 is 2.51 bits per heavy atom. The number of aromatic nitrogens is 4. The minimum atomic E-state index is -1.36. The van der Waals surface area contributed by atoms with E-state index in [-0.39, 0.29) is 0 Å². The minimum absolute atomic E-state index is 0.379. The van der Waals surface area contributed by atoms with Crippen LogP contribution in [0.4, 0.5) is 0 Å². The summed E-state index contributed by atoms with van der Waals surface area (Å²) in [6.45, 7) is 0.470. The predicted molar refractivity (Wildman–Crippen MR) is 157 cm³/mol. The van der Waals surface area contributed by atoms with Crippen molar-refractivity contribution in [3.8, 4) is 5.88 Å². The molecule has 2 atom stereocenters. The number of methoxy groups -OCH3 is 1. The van der Waals surface area contributed by atoms with Gasteiger partial charge in [-0.05, 0) is 46.2 Å². The number of aliphatic hydroxyl groups is 1. The van der Waals surface area contributed by atoms with Crippen LogP contribution in [0.15, 0.2) is 114 Å². The number of fused-ring (bicyclic) bond motifs is 2. The number of rotatable bonds is 8. The normalized spacial score (nSPS) is 13.8. The smallest absolute Gasteiger partial charge is 0.217 e. The molecule has 0 aliphatic carbocycles. The van der Waals surface area contributed by atoms with Crippen molar-refractivity contribution in [2.75, 3.05) is 7.11 Å². The standard InChI is InChI=1S/C32H27BrN4O2/c1-39-31-27(19-24-18-25(33)14-15-29(24)36-31)30(23-9-3-2-4-10-23)32(38,16-17-37-21-34-20-35-37)28-13-7-11-22-8-5-6-12-26(22)28/h2-15,18-21,30,38H,16-17H2,1H3. The van der Waals surface area contributed by atoms with Gasteiger partial charge < -0.3 is 9.84 Å². The summed E-state index contributed by atoms with van der Waals surface area (Å²) in [4.78, 5) is 8.99. The summed E-state index contributed by atoms with van der Waals surface area (Å²) in [6.07, 6.45) is 3.57. The maximum atomic E-state index is 13.1. The molecule has 1 N–H and O–H groups in total. The van der Waals surface area contributed by atoms with Crippen LogP contribution in [0.5, 0.6) is 5.88 Å². The van der Waals surface area contributed by atoms with E-state index in [1.165, 1.54) is 6.33 Å². The molecule has 6 aromatic rings. The van der Waals surface area contributed by atoms with Crippen molar-refractivity contribution < 1.29 is 9.84 Å². The molecule has 39 heavy (non-hydrogen) atoms. The zero-order valence-electron chi connectivity index (χ0n) is 21.4. The average Bonchev–Trinajstić information content (AvgIpc) is 3.50. The highest BCUT2D eigenvalue weighted by Crippen LogP contribution is 2.49. The van der Waals surface area contributed by atoms with Crippen LogP contribution in [0.2, 0.25) is 0 Å². The fourth-order valence-corrected chi connectivity index (χ4v) is 5.92. The van der Waals surface area contributed by atoms with Crippen molar-refractivity contribution >= 4 is 37.6 Å². The first kappa shape index (κ1) is 25.2. The number of hydrogen-bond acceptors (Lipinski definition) is 5. The predicted octanol–water partition coefficient (Wildman–Crippen LogP) is 6.86. The fraction of sp³-hybridized carbons (Fsp3) is 0.156. The first-order valence-electron chi connectivity index (χ1n) is 12.8. The molecule has 2 heterocycles. The first-order chi connectivity index (χ1) is 19.1. The van der Waals surface area contributed by atoms with Gasteiger partial charge in [-0.2, -0.15) is 5.10 Å². The second-order valence-corrected chi connectivity index (χ2v) is 10.5. The molecular formula is C32H27BrN4O2. The van der Waals surface area contributed by atoms with Gasteiger partial charge in [0.25, 0.3) is 0 Å². The van der Waals surface area contributed by atoms with Crippen molar-refractivity contribution in [2.24, 2.45) is 0 Å². The maximum absolute atomic E-state index is 13.1. The Balaban J connectivity index is 1.65. The van der Waals surface area contributed by atoms with Crippen molar-refractivity contribution in [1.82, 2.24) is 19.7 Å². The summed E-state index contributed by atoms with van der Waals surface area (Å²) in [6, 6.07) is 32.4. The zero-order chi connectivity index (χ0) is 26.8. The minimum Gasteiger partial charge on any atom is -0.481 e. The van der Waals surface area contributed by atoms with E-state index in [9.17, 15) is 5.11 Å². The molecule has 0 spiro atoms. The molecule has 0 aliphatic rings. The lowest BCUT2D eigenvalue weighted by molar-refractivity contribution is 0.00599. The van der Waals surface area contributed by atoms with Crippen molar-refractivity contribution in [3.63, 3.8) is 0 Å². The van der Waals surface area contributed by atoms with Crippen LogP contribution >= 0.6 is 15.9 Å². The second kappa shape index (κ2) is 10.6. The number of hydrogen-bond donors (Lipinski definition) is 1. The van der Waals surface area contributed by atoms with E-state index in [1.54, 1.807) is 18.1 Å².